The van der Waals surface area contributed by atoms with Crippen molar-refractivity contribution in [1.82, 2.24) is 0 Å². The van der Waals surface area contributed by atoms with Crippen LogP contribution in [0.25, 0.3) is 0 Å². The fraction of sp³-hybridized carbons (Fsp3) is 1.00. The van der Waals surface area contributed by atoms with Crippen molar-refractivity contribution in [3.63, 3.8) is 0 Å². The third-order valence-corrected chi connectivity index (χ3v) is 5.94. The molecule has 0 saturated carbocycles. The van der Waals surface area contributed by atoms with E-state index in [0.717, 1.165) is 12.8 Å². The summed E-state index contributed by atoms with van der Waals surface area (Å²) < 4.78 is 6.33. The van der Waals surface area contributed by atoms with Crippen molar-refractivity contribution in [3.8, 4) is 0 Å². The van der Waals surface area contributed by atoms with Gasteiger partial charge in [-0.2, -0.15) is 0 Å². The first-order valence-corrected chi connectivity index (χ1v) is 6.90. The Bertz CT molecular complexity index is 308. The van der Waals surface area contributed by atoms with Gasteiger partial charge in [-0.05, 0) is 32.1 Å². The molecule has 2 saturated heterocycles. The molecule has 2 aliphatic heterocycles. The molecule has 0 amide bonds. The summed E-state index contributed by atoms with van der Waals surface area (Å²) in [4.78, 5) is 0. The molecule has 2 aliphatic rings. The molecule has 2 heterocycles. The van der Waals surface area contributed by atoms with Gasteiger partial charge in [-0.15, -0.1) is 0 Å². The fourth-order valence-corrected chi connectivity index (χ4v) is 4.35. The zero-order chi connectivity index (χ0) is 13.3. The summed E-state index contributed by atoms with van der Waals surface area (Å²) in [7, 11) is 0. The van der Waals surface area contributed by atoms with Crippen LogP contribution in [0, 0.1) is 17.3 Å². The Hall–Kier alpha value is -0.0800. The maximum atomic E-state index is 11.4. The largest absolute Gasteiger partial charge is 0.389 e. The number of fused-ring (bicyclic) bond motifs is 2. The molecule has 0 aromatic heterocycles. The van der Waals surface area contributed by atoms with E-state index >= 15 is 0 Å². The molecule has 5 atom stereocenters. The molecule has 2 rings (SSSR count). The highest BCUT2D eigenvalue weighted by atomic mass is 16.5. The molecule has 2 heteroatoms. The van der Waals surface area contributed by atoms with Crippen molar-refractivity contribution in [2.45, 2.75) is 78.1 Å². The van der Waals surface area contributed by atoms with Gasteiger partial charge in [0.1, 0.15) is 0 Å². The third-order valence-electron chi connectivity index (χ3n) is 5.94. The zero-order valence-corrected chi connectivity index (χ0v) is 12.4. The minimum absolute atomic E-state index is 0.123. The smallest absolute Gasteiger partial charge is 0.0801 e. The second kappa shape index (κ2) is 3.27. The van der Waals surface area contributed by atoms with Crippen molar-refractivity contribution in [2.75, 3.05) is 0 Å². The number of ether oxygens (including phenoxy) is 1. The highest BCUT2D eigenvalue weighted by Gasteiger charge is 2.67. The third kappa shape index (κ3) is 1.46. The summed E-state index contributed by atoms with van der Waals surface area (Å²) in [5.41, 5.74) is -1.11. The normalized spacial score (nSPS) is 55.1. The first-order valence-electron chi connectivity index (χ1n) is 6.90. The zero-order valence-electron chi connectivity index (χ0n) is 12.4. The molecule has 2 fully saturated rings. The highest BCUT2D eigenvalue weighted by Crippen LogP contribution is 2.61. The second-order valence-electron chi connectivity index (χ2n) is 7.75. The Morgan fingerprint density at radius 1 is 1.00 bits per heavy atom. The summed E-state index contributed by atoms with van der Waals surface area (Å²) >= 11 is 0. The van der Waals surface area contributed by atoms with Crippen LogP contribution in [-0.2, 0) is 4.74 Å². The Labute approximate surface area is 106 Å². The molecule has 2 nitrogen and oxygen atoms in total. The molecule has 17 heavy (non-hydrogen) atoms. The first kappa shape index (κ1) is 13.4. The van der Waals surface area contributed by atoms with Crippen molar-refractivity contribution in [2.24, 2.45) is 17.3 Å². The second-order valence-corrected chi connectivity index (χ2v) is 7.75. The van der Waals surface area contributed by atoms with Gasteiger partial charge >= 0.3 is 0 Å². The molecule has 2 bridgehead atoms. The van der Waals surface area contributed by atoms with E-state index in [-0.39, 0.29) is 28.5 Å². The van der Waals surface area contributed by atoms with Crippen molar-refractivity contribution in [3.05, 3.63) is 0 Å². The number of aliphatic hydroxyl groups is 1. The highest BCUT2D eigenvalue weighted by molar-refractivity contribution is 5.16. The van der Waals surface area contributed by atoms with E-state index in [2.05, 4.69) is 48.5 Å². The van der Waals surface area contributed by atoms with Crippen LogP contribution in [0.5, 0.6) is 0 Å². The van der Waals surface area contributed by atoms with Gasteiger partial charge in [-0.3, -0.25) is 0 Å². The van der Waals surface area contributed by atoms with Gasteiger partial charge < -0.3 is 9.84 Å². The van der Waals surface area contributed by atoms with Crippen LogP contribution in [-0.4, -0.2) is 21.9 Å². The molecular formula is C15H28O2. The van der Waals surface area contributed by atoms with E-state index < -0.39 is 5.60 Å². The SMILES string of the molecule is C[C@@H]1[C@@](O)(C(C)(C)C)[C@H](C)[C@]2(C)CC[C@@]1(C)O2. The van der Waals surface area contributed by atoms with Gasteiger partial charge in [0.2, 0.25) is 0 Å². The van der Waals surface area contributed by atoms with Gasteiger partial charge in [0.25, 0.3) is 0 Å². The molecule has 0 aliphatic carbocycles. The lowest BCUT2D eigenvalue weighted by atomic mass is 9.56. The molecular weight excluding hydrogens is 212 g/mol. The number of hydrogen-bond donors (Lipinski definition) is 1. The van der Waals surface area contributed by atoms with Crippen LogP contribution in [0.15, 0.2) is 0 Å². The number of hydrogen-bond acceptors (Lipinski definition) is 2. The van der Waals surface area contributed by atoms with Crippen molar-refractivity contribution < 1.29 is 9.84 Å². The van der Waals surface area contributed by atoms with E-state index in [9.17, 15) is 5.11 Å². The van der Waals surface area contributed by atoms with Gasteiger partial charge in [0, 0.05) is 11.8 Å². The summed E-state index contributed by atoms with van der Waals surface area (Å²) in [5.74, 6) is 0.334. The number of rotatable bonds is 0. The predicted molar refractivity (Wildman–Crippen MR) is 69.9 cm³/mol. The summed E-state index contributed by atoms with van der Waals surface area (Å²) in [6.07, 6.45) is 2.13. The minimum atomic E-state index is -0.661. The van der Waals surface area contributed by atoms with Gasteiger partial charge in [-0.1, -0.05) is 34.6 Å². The van der Waals surface area contributed by atoms with E-state index in [1.165, 1.54) is 0 Å². The monoisotopic (exact) mass is 240 g/mol. The summed E-state index contributed by atoms with van der Waals surface area (Å²) in [6, 6.07) is 0. The van der Waals surface area contributed by atoms with E-state index in [4.69, 9.17) is 4.74 Å². The van der Waals surface area contributed by atoms with E-state index in [1.807, 2.05) is 0 Å². The molecule has 1 N–H and O–H groups in total. The standard InChI is InChI=1S/C15H28O2/c1-10-13(6)8-9-14(7,17-13)11(2)15(10,16)12(3,4)5/h10-11,16H,8-9H2,1-7H3/t10-,11+,13+,14-,15-. The van der Waals surface area contributed by atoms with Crippen LogP contribution < -0.4 is 0 Å². The van der Waals surface area contributed by atoms with E-state index in [1.54, 1.807) is 0 Å². The lowest BCUT2D eigenvalue weighted by Gasteiger charge is -2.60. The Morgan fingerprint density at radius 3 is 1.65 bits per heavy atom. The predicted octanol–water partition coefficient (Wildman–Crippen LogP) is 3.38. The van der Waals surface area contributed by atoms with Crippen molar-refractivity contribution in [1.29, 1.82) is 0 Å². The average molecular weight is 240 g/mol. The Morgan fingerprint density at radius 2 is 1.35 bits per heavy atom. The summed E-state index contributed by atoms with van der Waals surface area (Å²) in [5, 5.41) is 11.4. The average Bonchev–Trinajstić information content (AvgIpc) is 2.49. The molecule has 100 valence electrons. The Kier molecular flexibility index (Phi) is 2.57. The lowest BCUT2D eigenvalue weighted by Crippen LogP contribution is -2.67. The van der Waals surface area contributed by atoms with Crippen LogP contribution >= 0.6 is 0 Å². The topological polar surface area (TPSA) is 29.5 Å². The summed E-state index contributed by atoms with van der Waals surface area (Å²) in [6.45, 7) is 15.1. The molecule has 0 spiro atoms. The van der Waals surface area contributed by atoms with Crippen LogP contribution in [0.3, 0.4) is 0 Å². The van der Waals surface area contributed by atoms with Crippen LogP contribution in [0.2, 0.25) is 0 Å². The molecule has 0 radical (unpaired) electrons. The maximum Gasteiger partial charge on any atom is 0.0801 e. The maximum absolute atomic E-state index is 11.4. The minimum Gasteiger partial charge on any atom is -0.389 e. The van der Waals surface area contributed by atoms with E-state index in [0.29, 0.717) is 0 Å². The lowest BCUT2D eigenvalue weighted by molar-refractivity contribution is -0.291. The van der Waals surface area contributed by atoms with Gasteiger partial charge in [-0.25, -0.2) is 0 Å². The first-order chi connectivity index (χ1) is 7.47. The van der Waals surface area contributed by atoms with Gasteiger partial charge in [0.15, 0.2) is 0 Å². The van der Waals surface area contributed by atoms with Crippen molar-refractivity contribution >= 4 is 0 Å². The molecule has 0 aromatic rings. The molecule has 0 aromatic carbocycles. The molecule has 0 unspecified atom stereocenters. The Balaban J connectivity index is 2.54. The van der Waals surface area contributed by atoms with Gasteiger partial charge in [0.05, 0.1) is 16.8 Å². The van der Waals surface area contributed by atoms with Crippen LogP contribution in [0.4, 0.5) is 0 Å². The fourth-order valence-electron chi connectivity index (χ4n) is 4.35. The quantitative estimate of drug-likeness (QED) is 0.703. The van der Waals surface area contributed by atoms with Crippen LogP contribution in [0.1, 0.15) is 61.3 Å².